The summed E-state index contributed by atoms with van der Waals surface area (Å²) < 4.78 is 3.68. The number of hydrogen-bond acceptors (Lipinski definition) is 4. The van der Waals surface area contributed by atoms with Crippen LogP contribution < -0.4 is 4.90 Å². The molecule has 31 heavy (non-hydrogen) atoms. The molecular formula is C24H26N6O. The fourth-order valence-electron chi connectivity index (χ4n) is 3.98. The smallest absolute Gasteiger partial charge is 0.259 e. The van der Waals surface area contributed by atoms with Crippen molar-refractivity contribution in [2.75, 3.05) is 4.90 Å². The van der Waals surface area contributed by atoms with Crippen LogP contribution in [0.25, 0.3) is 11.0 Å². The molecule has 0 aliphatic heterocycles. The fourth-order valence-corrected chi connectivity index (χ4v) is 3.98. The van der Waals surface area contributed by atoms with Crippen molar-refractivity contribution in [1.82, 2.24) is 24.5 Å². The Balaban J connectivity index is 1.61. The van der Waals surface area contributed by atoms with Crippen LogP contribution in [0.3, 0.4) is 0 Å². The maximum absolute atomic E-state index is 14.0. The standard InChI is InChI=1S/C24H26N6O/c1-3-11-30-23-21(14-26-30)20(12-22(27-23)18-9-10-18)24(31)29(19-7-5-4-6-8-19)16-17-13-25-28(2)15-17/h4-8,12-15,18H,3,9-11,16H2,1-2H3. The van der Waals surface area contributed by atoms with Gasteiger partial charge in [0, 0.05) is 42.7 Å². The quantitative estimate of drug-likeness (QED) is 0.452. The van der Waals surface area contributed by atoms with Crippen molar-refractivity contribution in [3.8, 4) is 0 Å². The molecule has 0 N–H and O–H groups in total. The predicted molar refractivity (Wildman–Crippen MR) is 120 cm³/mol. The SMILES string of the molecule is CCCn1ncc2c(C(=O)N(Cc3cnn(C)c3)c3ccccc3)cc(C3CC3)nc21. The zero-order valence-electron chi connectivity index (χ0n) is 17.9. The van der Waals surface area contributed by atoms with Crippen LogP contribution in [0.5, 0.6) is 0 Å². The Morgan fingerprint density at radius 2 is 1.97 bits per heavy atom. The largest absolute Gasteiger partial charge is 0.304 e. The second-order valence-corrected chi connectivity index (χ2v) is 8.22. The molecule has 0 spiro atoms. The van der Waals surface area contributed by atoms with Gasteiger partial charge in [-0.2, -0.15) is 10.2 Å². The zero-order valence-corrected chi connectivity index (χ0v) is 17.9. The van der Waals surface area contributed by atoms with E-state index in [1.54, 1.807) is 17.1 Å². The lowest BCUT2D eigenvalue weighted by Gasteiger charge is -2.23. The van der Waals surface area contributed by atoms with E-state index < -0.39 is 0 Å². The Bertz CT molecular complexity index is 1220. The number of benzene rings is 1. The average Bonchev–Trinajstić information content (AvgIpc) is 3.45. The van der Waals surface area contributed by atoms with E-state index in [1.165, 1.54) is 0 Å². The molecule has 0 atom stereocenters. The minimum absolute atomic E-state index is 0.0413. The van der Waals surface area contributed by atoms with E-state index in [0.717, 1.165) is 53.8 Å². The summed E-state index contributed by atoms with van der Waals surface area (Å²) in [6, 6.07) is 11.8. The second kappa shape index (κ2) is 7.98. The van der Waals surface area contributed by atoms with Crippen LogP contribution in [-0.4, -0.2) is 30.5 Å². The number of carbonyl (C=O) groups excluding carboxylic acids is 1. The Labute approximate surface area is 181 Å². The zero-order chi connectivity index (χ0) is 21.4. The van der Waals surface area contributed by atoms with E-state index in [4.69, 9.17) is 4.98 Å². The monoisotopic (exact) mass is 414 g/mol. The number of anilines is 1. The van der Waals surface area contributed by atoms with Gasteiger partial charge in [0.15, 0.2) is 5.65 Å². The highest BCUT2D eigenvalue weighted by Gasteiger charge is 2.29. The number of nitrogens with zero attached hydrogens (tertiary/aromatic N) is 6. The number of fused-ring (bicyclic) bond motifs is 1. The van der Waals surface area contributed by atoms with Crippen molar-refractivity contribution in [2.45, 2.75) is 45.2 Å². The molecule has 1 aliphatic carbocycles. The van der Waals surface area contributed by atoms with Gasteiger partial charge in [-0.3, -0.25) is 9.48 Å². The van der Waals surface area contributed by atoms with Gasteiger partial charge in [0.2, 0.25) is 0 Å². The first-order valence-corrected chi connectivity index (χ1v) is 10.8. The molecule has 3 heterocycles. The number of carbonyl (C=O) groups is 1. The highest BCUT2D eigenvalue weighted by atomic mass is 16.2. The lowest BCUT2D eigenvalue weighted by atomic mass is 10.1. The van der Waals surface area contributed by atoms with E-state index in [9.17, 15) is 4.79 Å². The van der Waals surface area contributed by atoms with Crippen LogP contribution in [0, 0.1) is 0 Å². The van der Waals surface area contributed by atoms with Crippen LogP contribution in [-0.2, 0) is 20.1 Å². The van der Waals surface area contributed by atoms with E-state index in [0.29, 0.717) is 18.0 Å². The molecule has 7 nitrogen and oxygen atoms in total. The summed E-state index contributed by atoms with van der Waals surface area (Å²) in [6.07, 6.45) is 8.76. The van der Waals surface area contributed by atoms with Crippen LogP contribution in [0.4, 0.5) is 5.69 Å². The predicted octanol–water partition coefficient (Wildman–Crippen LogP) is 4.30. The van der Waals surface area contributed by atoms with Gasteiger partial charge in [0.05, 0.1) is 29.9 Å². The fraction of sp³-hybridized carbons (Fsp3) is 0.333. The summed E-state index contributed by atoms with van der Waals surface area (Å²) in [5, 5.41) is 9.62. The third-order valence-corrected chi connectivity index (χ3v) is 5.70. The topological polar surface area (TPSA) is 68.8 Å². The van der Waals surface area contributed by atoms with Gasteiger partial charge < -0.3 is 4.90 Å². The normalized spacial score (nSPS) is 13.6. The maximum atomic E-state index is 14.0. The molecule has 3 aromatic heterocycles. The van der Waals surface area contributed by atoms with Crippen LogP contribution in [0.2, 0.25) is 0 Å². The van der Waals surface area contributed by atoms with Crippen molar-refractivity contribution < 1.29 is 4.79 Å². The van der Waals surface area contributed by atoms with E-state index >= 15 is 0 Å². The average molecular weight is 415 g/mol. The second-order valence-electron chi connectivity index (χ2n) is 8.22. The third-order valence-electron chi connectivity index (χ3n) is 5.70. The number of rotatable bonds is 7. The molecule has 7 heteroatoms. The van der Waals surface area contributed by atoms with E-state index in [2.05, 4.69) is 17.1 Å². The Morgan fingerprint density at radius 3 is 2.65 bits per heavy atom. The summed E-state index contributed by atoms with van der Waals surface area (Å²) in [4.78, 5) is 20.7. The number of aryl methyl sites for hydroxylation is 2. The molecule has 1 aromatic carbocycles. The van der Waals surface area contributed by atoms with Gasteiger partial charge >= 0.3 is 0 Å². The highest BCUT2D eigenvalue weighted by molar-refractivity contribution is 6.13. The van der Waals surface area contributed by atoms with Gasteiger partial charge in [-0.25, -0.2) is 9.67 Å². The molecule has 0 radical (unpaired) electrons. The van der Waals surface area contributed by atoms with Gasteiger partial charge in [0.25, 0.3) is 5.91 Å². The van der Waals surface area contributed by atoms with Gasteiger partial charge in [-0.05, 0) is 37.5 Å². The minimum atomic E-state index is -0.0413. The number of pyridine rings is 1. The van der Waals surface area contributed by atoms with Crippen molar-refractivity contribution >= 4 is 22.6 Å². The first-order valence-electron chi connectivity index (χ1n) is 10.8. The molecular weight excluding hydrogens is 388 g/mol. The van der Waals surface area contributed by atoms with Crippen molar-refractivity contribution in [3.05, 3.63) is 71.8 Å². The minimum Gasteiger partial charge on any atom is -0.304 e. The molecule has 158 valence electrons. The first-order chi connectivity index (χ1) is 15.1. The summed E-state index contributed by atoms with van der Waals surface area (Å²) in [6.45, 7) is 3.36. The Morgan fingerprint density at radius 1 is 1.16 bits per heavy atom. The molecule has 1 aliphatic rings. The summed E-state index contributed by atoms with van der Waals surface area (Å²) >= 11 is 0. The number of para-hydroxylation sites is 1. The Hall–Kier alpha value is -3.48. The number of aromatic nitrogens is 5. The molecule has 1 amide bonds. The molecule has 1 fully saturated rings. The Kier molecular flexibility index (Phi) is 5.02. The van der Waals surface area contributed by atoms with E-state index in [-0.39, 0.29) is 5.91 Å². The lowest BCUT2D eigenvalue weighted by Crippen LogP contribution is -2.30. The van der Waals surface area contributed by atoms with Crippen LogP contribution >= 0.6 is 0 Å². The molecule has 0 saturated heterocycles. The van der Waals surface area contributed by atoms with Gasteiger partial charge in [-0.1, -0.05) is 25.1 Å². The maximum Gasteiger partial charge on any atom is 0.259 e. The molecule has 4 aromatic rings. The highest BCUT2D eigenvalue weighted by Crippen LogP contribution is 2.40. The lowest BCUT2D eigenvalue weighted by molar-refractivity contribution is 0.0986. The van der Waals surface area contributed by atoms with Crippen LogP contribution in [0.1, 0.15) is 53.7 Å². The number of hydrogen-bond donors (Lipinski definition) is 0. The molecule has 0 unspecified atom stereocenters. The van der Waals surface area contributed by atoms with Gasteiger partial charge in [-0.15, -0.1) is 0 Å². The molecule has 5 rings (SSSR count). The van der Waals surface area contributed by atoms with Crippen molar-refractivity contribution in [1.29, 1.82) is 0 Å². The summed E-state index contributed by atoms with van der Waals surface area (Å²) in [5.74, 6) is 0.407. The first kappa shape index (κ1) is 19.5. The molecule has 1 saturated carbocycles. The summed E-state index contributed by atoms with van der Waals surface area (Å²) in [5.41, 5.74) is 4.32. The molecule has 0 bridgehead atoms. The summed E-state index contributed by atoms with van der Waals surface area (Å²) in [7, 11) is 1.88. The van der Waals surface area contributed by atoms with Crippen molar-refractivity contribution in [2.24, 2.45) is 7.05 Å². The van der Waals surface area contributed by atoms with Crippen molar-refractivity contribution in [3.63, 3.8) is 0 Å². The van der Waals surface area contributed by atoms with Gasteiger partial charge in [0.1, 0.15) is 0 Å². The number of amides is 1. The van der Waals surface area contributed by atoms with Crippen LogP contribution in [0.15, 0.2) is 55.0 Å². The van der Waals surface area contributed by atoms with E-state index in [1.807, 2.05) is 59.2 Å². The third kappa shape index (κ3) is 3.83.